The molecule has 11 atom stereocenters. The van der Waals surface area contributed by atoms with Crippen LogP contribution in [-0.4, -0.2) is 18.2 Å². The molecule has 0 spiro atoms. The highest BCUT2D eigenvalue weighted by atomic mass is 17.1. The van der Waals surface area contributed by atoms with Crippen LogP contribution in [-0.2, 0) is 9.62 Å². The summed E-state index contributed by atoms with van der Waals surface area (Å²) in [6.07, 6.45) is 12.2. The molecule has 11 unspecified atom stereocenters. The molecule has 272 valence electrons. The Labute approximate surface area is 297 Å². The Hall–Kier alpha value is -2.28. The summed E-state index contributed by atoms with van der Waals surface area (Å²) < 4.78 is 13.2. The van der Waals surface area contributed by atoms with E-state index in [4.69, 9.17) is 25.8 Å². The van der Waals surface area contributed by atoms with Gasteiger partial charge in [-0.05, 0) is 138 Å². The molecular weight excluding hydrogens is 608 g/mol. The molecule has 4 fully saturated rings. The van der Waals surface area contributed by atoms with Crippen molar-refractivity contribution in [2.45, 2.75) is 125 Å². The summed E-state index contributed by atoms with van der Waals surface area (Å²) >= 11 is 0. The highest BCUT2D eigenvalue weighted by molar-refractivity contribution is 5.43. The van der Waals surface area contributed by atoms with E-state index in [1.165, 1.54) is 44.9 Å². The zero-order valence-electron chi connectivity index (χ0n) is 31.5. The van der Waals surface area contributed by atoms with Gasteiger partial charge in [-0.15, -0.1) is 0 Å². The van der Waals surface area contributed by atoms with Crippen LogP contribution in [0, 0.1) is 63.6 Å². The van der Waals surface area contributed by atoms with Crippen LogP contribution in [0.25, 0.3) is 0 Å². The van der Waals surface area contributed by atoms with Crippen molar-refractivity contribution in [3.05, 3.63) is 54.1 Å². The number of rotatable bonds is 12. The van der Waals surface area contributed by atoms with Gasteiger partial charge in [0.25, 0.3) is 0 Å². The topological polar surface area (TPSA) is 100.0 Å². The van der Waals surface area contributed by atoms with E-state index in [0.29, 0.717) is 28.6 Å². The number of hydrogen-bond donors (Lipinski definition) is 3. The van der Waals surface area contributed by atoms with Gasteiger partial charge >= 0.3 is 0 Å². The summed E-state index contributed by atoms with van der Waals surface area (Å²) in [5.41, 5.74) is 14.9. The third-order valence-electron chi connectivity index (χ3n) is 14.9. The lowest BCUT2D eigenvalue weighted by atomic mass is 9.39. The first-order chi connectivity index (χ1) is 23.3. The first kappa shape index (κ1) is 36.5. The van der Waals surface area contributed by atoms with Gasteiger partial charge in [0.15, 0.2) is 6.79 Å². The van der Waals surface area contributed by atoms with Crippen molar-refractivity contribution in [3.8, 4) is 5.75 Å². The van der Waals surface area contributed by atoms with Crippen molar-refractivity contribution < 1.29 is 19.6 Å². The van der Waals surface area contributed by atoms with Crippen molar-refractivity contribution in [3.63, 3.8) is 0 Å². The Bertz CT molecular complexity index is 1410. The maximum atomic E-state index is 10.4. The molecule has 6 rings (SSSR count). The lowest BCUT2D eigenvalue weighted by Gasteiger charge is -2.67. The predicted octanol–water partition coefficient (Wildman–Crippen LogP) is 10.8. The van der Waals surface area contributed by atoms with E-state index < -0.39 is 6.10 Å². The highest BCUT2D eigenvalue weighted by Gasteiger charge is 2.66. The van der Waals surface area contributed by atoms with Gasteiger partial charge in [0.2, 0.25) is 0 Å². The summed E-state index contributed by atoms with van der Waals surface area (Å²) in [6.45, 7) is 17.6. The van der Waals surface area contributed by atoms with Gasteiger partial charge in [-0.2, -0.15) is 0 Å². The number of anilines is 2. The molecular formula is C43H66N2O4. The molecule has 2 aromatic rings. The quantitative estimate of drug-likeness (QED) is 0.0897. The predicted molar refractivity (Wildman–Crippen MR) is 200 cm³/mol. The number of nitrogens with two attached hydrogens (primary N) is 2. The number of fused-ring (bicyclic) bond motifs is 5. The number of nitrogen functional groups attached to an aromatic ring is 2. The van der Waals surface area contributed by atoms with E-state index in [9.17, 15) is 5.26 Å². The monoisotopic (exact) mass is 675 g/mol. The second kappa shape index (κ2) is 14.4. The van der Waals surface area contributed by atoms with Crippen LogP contribution in [0.1, 0.15) is 124 Å². The Morgan fingerprint density at radius 2 is 1.51 bits per heavy atom. The van der Waals surface area contributed by atoms with Gasteiger partial charge in [-0.1, -0.05) is 85.9 Å². The van der Waals surface area contributed by atoms with Gasteiger partial charge in [-0.3, -0.25) is 5.26 Å². The van der Waals surface area contributed by atoms with Crippen LogP contribution in [0.5, 0.6) is 5.75 Å². The van der Waals surface area contributed by atoms with Crippen molar-refractivity contribution in [2.75, 3.05) is 18.3 Å². The fourth-order valence-corrected chi connectivity index (χ4v) is 12.9. The lowest BCUT2D eigenvalue weighted by molar-refractivity contribution is -0.318. The SMILES string of the molecule is CC(C)CCCC(C)C1CCC2C3CC(OCOc4cccc(N)c4)C4C(C)(C)C(C(OO)c5cccc(N)c5)CCC4(C)C3CCC12C. The molecule has 0 aliphatic heterocycles. The van der Waals surface area contributed by atoms with E-state index in [-0.39, 0.29) is 35.6 Å². The summed E-state index contributed by atoms with van der Waals surface area (Å²) in [5.74, 6) is 5.56. The molecule has 49 heavy (non-hydrogen) atoms. The zero-order valence-corrected chi connectivity index (χ0v) is 31.5. The number of hydrogen-bond acceptors (Lipinski definition) is 6. The zero-order chi connectivity index (χ0) is 35.1. The minimum atomic E-state index is -0.451. The summed E-state index contributed by atoms with van der Waals surface area (Å²) in [6, 6.07) is 15.5. The first-order valence-corrected chi connectivity index (χ1v) is 19.5. The average molecular weight is 675 g/mol. The molecule has 4 aliphatic carbocycles. The lowest BCUT2D eigenvalue weighted by Crippen LogP contribution is -2.63. The van der Waals surface area contributed by atoms with Gasteiger partial charge < -0.3 is 20.9 Å². The second-order valence-corrected chi connectivity index (χ2v) is 18.3. The largest absolute Gasteiger partial charge is 0.467 e. The van der Waals surface area contributed by atoms with E-state index >= 15 is 0 Å². The molecule has 0 bridgehead atoms. The normalized spacial score (nSPS) is 36.4. The fourth-order valence-electron chi connectivity index (χ4n) is 12.9. The number of ether oxygens (including phenoxy) is 2. The molecule has 0 aromatic heterocycles. The van der Waals surface area contributed by atoms with E-state index in [2.05, 4.69) is 48.5 Å². The van der Waals surface area contributed by atoms with Gasteiger partial charge in [-0.25, -0.2) is 4.89 Å². The first-order valence-electron chi connectivity index (χ1n) is 19.5. The molecule has 0 radical (unpaired) electrons. The van der Waals surface area contributed by atoms with Crippen molar-refractivity contribution >= 4 is 11.4 Å². The molecule has 0 amide bonds. The summed E-state index contributed by atoms with van der Waals surface area (Å²) in [5, 5.41) is 10.4. The highest BCUT2D eigenvalue weighted by Crippen LogP contribution is 2.72. The molecule has 6 nitrogen and oxygen atoms in total. The van der Waals surface area contributed by atoms with Gasteiger partial charge in [0.05, 0.1) is 6.10 Å². The van der Waals surface area contributed by atoms with Crippen LogP contribution in [0.4, 0.5) is 11.4 Å². The summed E-state index contributed by atoms with van der Waals surface area (Å²) in [7, 11) is 0. The van der Waals surface area contributed by atoms with Crippen molar-refractivity contribution in [1.82, 2.24) is 0 Å². The van der Waals surface area contributed by atoms with E-state index in [1.807, 2.05) is 48.5 Å². The summed E-state index contributed by atoms with van der Waals surface area (Å²) in [4.78, 5) is 5.38. The maximum absolute atomic E-state index is 10.4. The van der Waals surface area contributed by atoms with Gasteiger partial charge in [0, 0.05) is 17.4 Å². The minimum Gasteiger partial charge on any atom is -0.467 e. The van der Waals surface area contributed by atoms with E-state index in [0.717, 1.165) is 54.2 Å². The second-order valence-electron chi connectivity index (χ2n) is 18.3. The maximum Gasteiger partial charge on any atom is 0.189 e. The minimum absolute atomic E-state index is 0.0372. The fraction of sp³-hybridized carbons (Fsp3) is 0.721. The molecule has 0 heterocycles. The van der Waals surface area contributed by atoms with Crippen LogP contribution >= 0.6 is 0 Å². The van der Waals surface area contributed by atoms with Crippen LogP contribution in [0.15, 0.2) is 48.5 Å². The molecule has 5 N–H and O–H groups in total. The van der Waals surface area contributed by atoms with E-state index in [1.54, 1.807) is 0 Å². The Morgan fingerprint density at radius 1 is 0.816 bits per heavy atom. The standard InChI is InChI=1S/C43H66N2O4/c1-27(2)11-8-12-28(3)34-17-18-35-33-25-38(48-26-47-32-16-10-15-31(45)24-32)40-41(4,5)37(39(49-46)29-13-9-14-30(44)23-29)20-22-43(40,7)36(33)19-21-42(34,35)6/h9-10,13-16,23-24,27-28,33-40,46H,8,11-12,17-22,25-26,44-45H2,1-7H3. The van der Waals surface area contributed by atoms with Crippen LogP contribution in [0.3, 0.4) is 0 Å². The molecule has 2 aromatic carbocycles. The Balaban J connectivity index is 1.30. The third-order valence-corrected chi connectivity index (χ3v) is 14.9. The Morgan fingerprint density at radius 3 is 2.20 bits per heavy atom. The Kier molecular flexibility index (Phi) is 10.7. The average Bonchev–Trinajstić information content (AvgIpc) is 3.40. The van der Waals surface area contributed by atoms with Crippen molar-refractivity contribution in [1.29, 1.82) is 0 Å². The molecule has 6 heteroatoms. The molecule has 4 saturated carbocycles. The molecule has 4 aliphatic rings. The van der Waals surface area contributed by atoms with Crippen molar-refractivity contribution in [2.24, 2.45) is 63.6 Å². The van der Waals surface area contributed by atoms with Crippen LogP contribution < -0.4 is 16.2 Å². The third kappa shape index (κ3) is 6.88. The smallest absolute Gasteiger partial charge is 0.189 e. The van der Waals surface area contributed by atoms with Gasteiger partial charge in [0.1, 0.15) is 11.9 Å². The molecule has 0 saturated heterocycles. The number of benzene rings is 2. The van der Waals surface area contributed by atoms with Crippen LogP contribution in [0.2, 0.25) is 0 Å².